The molecule has 2 bridgehead atoms. The molecule has 0 aromatic rings. The van der Waals surface area contributed by atoms with Gasteiger partial charge in [-0.1, -0.05) is 6.58 Å². The van der Waals surface area contributed by atoms with Gasteiger partial charge in [-0.3, -0.25) is 8.98 Å². The molecule has 0 radical (unpaired) electrons. The zero-order chi connectivity index (χ0) is 22.4. The Bertz CT molecular complexity index is 792. The van der Waals surface area contributed by atoms with E-state index in [0.717, 1.165) is 0 Å². The summed E-state index contributed by atoms with van der Waals surface area (Å²) in [4.78, 5) is 23.8. The van der Waals surface area contributed by atoms with Crippen molar-refractivity contribution in [1.29, 1.82) is 0 Å². The van der Waals surface area contributed by atoms with E-state index >= 15 is 0 Å². The van der Waals surface area contributed by atoms with Gasteiger partial charge in [0.2, 0.25) is 0 Å². The predicted octanol–water partition coefficient (Wildman–Crippen LogP) is 2.56. The van der Waals surface area contributed by atoms with Crippen molar-refractivity contribution >= 4 is 22.1 Å². The molecule has 5 unspecified atom stereocenters. The van der Waals surface area contributed by atoms with E-state index < -0.39 is 57.5 Å². The molecule has 2 aliphatic rings. The molecule has 2 fully saturated rings. The van der Waals surface area contributed by atoms with E-state index in [1.807, 2.05) is 0 Å². The van der Waals surface area contributed by atoms with Crippen molar-refractivity contribution in [1.82, 2.24) is 0 Å². The van der Waals surface area contributed by atoms with Crippen LogP contribution >= 0.6 is 0 Å². The number of alkyl halides is 5. The third kappa shape index (κ3) is 4.55. The van der Waals surface area contributed by atoms with Crippen molar-refractivity contribution in [3.8, 4) is 0 Å². The summed E-state index contributed by atoms with van der Waals surface area (Å²) in [5, 5.41) is -5.53. The van der Waals surface area contributed by atoms with Gasteiger partial charge in [0.05, 0.1) is 13.0 Å². The standard InChI is InChI=1S/C16H19F5O7S/c1-7(2)12(22)27-11-6-8-4-9(11)5-10(8)13(23)28-14(15(17,18)19)16(20,21)29(24,25)26-3/h8-11,14H,1,4-6H2,2-3H3. The van der Waals surface area contributed by atoms with Crippen LogP contribution in [-0.4, -0.2) is 51.1 Å². The normalized spacial score (nSPS) is 28.1. The molecule has 7 nitrogen and oxygen atoms in total. The second-order valence-electron chi connectivity index (χ2n) is 7.10. The first-order chi connectivity index (χ1) is 13.1. The van der Waals surface area contributed by atoms with E-state index in [-0.39, 0.29) is 31.4 Å². The van der Waals surface area contributed by atoms with Crippen LogP contribution in [0.2, 0.25) is 0 Å². The van der Waals surface area contributed by atoms with Gasteiger partial charge in [0.1, 0.15) is 6.10 Å². The van der Waals surface area contributed by atoms with E-state index in [4.69, 9.17) is 4.74 Å². The van der Waals surface area contributed by atoms with Gasteiger partial charge in [-0.25, -0.2) is 4.79 Å². The second kappa shape index (κ2) is 7.82. The van der Waals surface area contributed by atoms with Crippen LogP contribution in [0.5, 0.6) is 0 Å². The number of hydrogen-bond acceptors (Lipinski definition) is 7. The maximum absolute atomic E-state index is 13.9. The summed E-state index contributed by atoms with van der Waals surface area (Å²) in [5.74, 6) is -4.28. The Labute approximate surface area is 163 Å². The highest BCUT2D eigenvalue weighted by atomic mass is 32.2. The lowest BCUT2D eigenvalue weighted by atomic mass is 9.87. The Balaban J connectivity index is 2.11. The largest absolute Gasteiger partial charge is 0.459 e. The fourth-order valence-electron chi connectivity index (χ4n) is 3.67. The highest BCUT2D eigenvalue weighted by Crippen LogP contribution is 2.51. The number of hydrogen-bond donors (Lipinski definition) is 0. The van der Waals surface area contributed by atoms with Crippen LogP contribution in [-0.2, 0) is 33.4 Å². The maximum Gasteiger partial charge on any atom is 0.432 e. The van der Waals surface area contributed by atoms with Crippen molar-refractivity contribution < 1.29 is 53.6 Å². The molecule has 5 atom stereocenters. The van der Waals surface area contributed by atoms with Crippen molar-refractivity contribution in [3.05, 3.63) is 12.2 Å². The monoisotopic (exact) mass is 450 g/mol. The highest BCUT2D eigenvalue weighted by molar-refractivity contribution is 7.87. The summed E-state index contributed by atoms with van der Waals surface area (Å²) >= 11 is 0. The molecular weight excluding hydrogens is 431 g/mol. The molecule has 29 heavy (non-hydrogen) atoms. The highest BCUT2D eigenvalue weighted by Gasteiger charge is 2.67. The SMILES string of the molecule is C=C(C)C(=O)OC1CC2CC1CC2C(=O)OC(C(F)(F)F)C(F)(F)S(=O)(=O)OC. The molecule has 0 aromatic carbocycles. The maximum atomic E-state index is 13.9. The minimum absolute atomic E-state index is 0.0369. The number of fused-ring (bicyclic) bond motifs is 2. The molecule has 0 N–H and O–H groups in total. The Morgan fingerprint density at radius 3 is 2.07 bits per heavy atom. The lowest BCUT2D eigenvalue weighted by Crippen LogP contribution is -2.53. The third-order valence-electron chi connectivity index (χ3n) is 5.09. The number of ether oxygens (including phenoxy) is 2. The molecule has 2 rings (SSSR count). The van der Waals surface area contributed by atoms with Crippen LogP contribution < -0.4 is 0 Å². The first kappa shape index (κ1) is 23.5. The quantitative estimate of drug-likeness (QED) is 0.255. The molecule has 0 heterocycles. The van der Waals surface area contributed by atoms with Gasteiger partial charge >= 0.3 is 33.5 Å². The number of carbonyl (C=O) groups excluding carboxylic acids is 2. The first-order valence-electron chi connectivity index (χ1n) is 8.43. The number of halogens is 5. The molecule has 0 amide bonds. The fourth-order valence-corrected chi connectivity index (χ4v) is 4.33. The van der Waals surface area contributed by atoms with E-state index in [1.54, 1.807) is 0 Å². The van der Waals surface area contributed by atoms with E-state index in [9.17, 15) is 40.0 Å². The van der Waals surface area contributed by atoms with Gasteiger partial charge in [-0.15, -0.1) is 0 Å². The second-order valence-corrected chi connectivity index (χ2v) is 8.88. The zero-order valence-corrected chi connectivity index (χ0v) is 16.2. The molecular formula is C16H19F5O7S. The summed E-state index contributed by atoms with van der Waals surface area (Å²) in [6, 6.07) is 0. The molecule has 13 heteroatoms. The average Bonchev–Trinajstić information content (AvgIpc) is 3.18. The van der Waals surface area contributed by atoms with Crippen LogP contribution in [0.4, 0.5) is 22.0 Å². The summed E-state index contributed by atoms with van der Waals surface area (Å²) in [6.45, 7) is 4.85. The number of carbonyl (C=O) groups is 2. The summed E-state index contributed by atoms with van der Waals surface area (Å²) in [6.07, 6.45) is -10.2. The van der Waals surface area contributed by atoms with Crippen LogP contribution in [0.3, 0.4) is 0 Å². The van der Waals surface area contributed by atoms with Gasteiger partial charge in [-0.05, 0) is 38.0 Å². The van der Waals surface area contributed by atoms with Crippen molar-refractivity contribution in [2.24, 2.45) is 17.8 Å². The van der Waals surface area contributed by atoms with Gasteiger partial charge in [0.15, 0.2) is 0 Å². The van der Waals surface area contributed by atoms with Crippen LogP contribution in [0.1, 0.15) is 26.2 Å². The molecule has 0 aliphatic heterocycles. The minimum Gasteiger partial charge on any atom is -0.459 e. The molecule has 2 saturated carbocycles. The molecule has 0 spiro atoms. The summed E-state index contributed by atoms with van der Waals surface area (Å²) in [5.41, 5.74) is 0.151. The Hall–Kier alpha value is -1.76. The van der Waals surface area contributed by atoms with E-state index in [2.05, 4.69) is 15.5 Å². The van der Waals surface area contributed by atoms with Crippen LogP contribution in [0.15, 0.2) is 12.2 Å². The smallest absolute Gasteiger partial charge is 0.432 e. The third-order valence-corrected chi connectivity index (χ3v) is 6.41. The molecule has 0 saturated heterocycles. The lowest BCUT2D eigenvalue weighted by molar-refractivity contribution is -0.261. The van der Waals surface area contributed by atoms with Gasteiger partial charge in [0.25, 0.3) is 6.10 Å². The zero-order valence-electron chi connectivity index (χ0n) is 15.4. The molecule has 2 aliphatic carbocycles. The van der Waals surface area contributed by atoms with Crippen LogP contribution in [0, 0.1) is 17.8 Å². The van der Waals surface area contributed by atoms with Gasteiger partial charge in [-0.2, -0.15) is 30.4 Å². The topological polar surface area (TPSA) is 96.0 Å². The summed E-state index contributed by atoms with van der Waals surface area (Å²) in [7, 11) is -5.72. The number of rotatable bonds is 7. The van der Waals surface area contributed by atoms with Crippen LogP contribution in [0.25, 0.3) is 0 Å². The van der Waals surface area contributed by atoms with Crippen molar-refractivity contribution in [2.45, 2.75) is 49.8 Å². The predicted molar refractivity (Wildman–Crippen MR) is 85.8 cm³/mol. The van der Waals surface area contributed by atoms with E-state index in [1.165, 1.54) is 6.92 Å². The summed E-state index contributed by atoms with van der Waals surface area (Å²) < 4.78 is 102. The molecule has 0 aromatic heterocycles. The molecule has 166 valence electrons. The van der Waals surface area contributed by atoms with E-state index in [0.29, 0.717) is 6.42 Å². The number of esters is 2. The lowest BCUT2D eigenvalue weighted by Gasteiger charge is -2.30. The minimum atomic E-state index is -5.99. The fraction of sp³-hybridized carbons (Fsp3) is 0.750. The Morgan fingerprint density at radius 1 is 1.07 bits per heavy atom. The first-order valence-corrected chi connectivity index (χ1v) is 9.84. The Kier molecular flexibility index (Phi) is 6.34. The van der Waals surface area contributed by atoms with Gasteiger partial charge < -0.3 is 9.47 Å². The average molecular weight is 450 g/mol. The van der Waals surface area contributed by atoms with Crippen molar-refractivity contribution in [3.63, 3.8) is 0 Å². The Morgan fingerprint density at radius 2 is 1.66 bits per heavy atom. The van der Waals surface area contributed by atoms with Gasteiger partial charge in [0, 0.05) is 5.57 Å². The van der Waals surface area contributed by atoms with Crippen molar-refractivity contribution in [2.75, 3.05) is 7.11 Å².